The van der Waals surface area contributed by atoms with E-state index in [-0.39, 0.29) is 12.0 Å². The number of anilines is 1. The molecule has 7 nitrogen and oxygen atoms in total. The predicted octanol–water partition coefficient (Wildman–Crippen LogP) is -0.890. The van der Waals surface area contributed by atoms with Gasteiger partial charge in [0.05, 0.1) is 7.11 Å². The van der Waals surface area contributed by atoms with Gasteiger partial charge in [0, 0.05) is 0 Å². The Morgan fingerprint density at radius 3 is 3.08 bits per heavy atom. The van der Waals surface area contributed by atoms with Gasteiger partial charge in [0.15, 0.2) is 0 Å². The van der Waals surface area contributed by atoms with Crippen molar-refractivity contribution in [2.75, 3.05) is 12.8 Å². The Labute approximate surface area is 67.2 Å². The molecule has 12 heavy (non-hydrogen) atoms. The van der Waals surface area contributed by atoms with E-state index >= 15 is 0 Å². The number of nitrogen functional groups attached to an aromatic ring is 1. The lowest BCUT2D eigenvalue weighted by atomic mass is 10.9. The third-order valence-corrected chi connectivity index (χ3v) is 1.34. The van der Waals surface area contributed by atoms with Gasteiger partial charge in [-0.15, -0.1) is 0 Å². The fourth-order valence-electron chi connectivity index (χ4n) is 0.820. The summed E-state index contributed by atoms with van der Waals surface area (Å²) in [6.45, 7) is 0. The van der Waals surface area contributed by atoms with Crippen molar-refractivity contribution in [2.45, 2.75) is 0 Å². The topological polar surface area (TPSA) is 91.2 Å². The molecule has 0 unspecified atom stereocenters. The molecule has 2 rings (SSSR count). The average molecular weight is 166 g/mol. The van der Waals surface area contributed by atoms with Crippen molar-refractivity contribution in [3.05, 3.63) is 6.33 Å². The maximum absolute atomic E-state index is 5.51. The summed E-state index contributed by atoms with van der Waals surface area (Å²) in [5.74, 6) is 0.578. The lowest BCUT2D eigenvalue weighted by Gasteiger charge is -1.98. The van der Waals surface area contributed by atoms with Crippen LogP contribution in [0.25, 0.3) is 5.78 Å². The van der Waals surface area contributed by atoms with Crippen LogP contribution in [0.15, 0.2) is 6.33 Å². The quantitative estimate of drug-likeness (QED) is 0.590. The molecule has 0 aliphatic carbocycles. The predicted molar refractivity (Wildman–Crippen MR) is 39.5 cm³/mol. The number of hydrogen-bond donors (Lipinski definition) is 1. The van der Waals surface area contributed by atoms with Crippen LogP contribution in [0.2, 0.25) is 0 Å². The molecule has 62 valence electrons. The van der Waals surface area contributed by atoms with E-state index in [1.807, 2.05) is 0 Å². The molecule has 0 aliphatic heterocycles. The molecule has 0 saturated carbocycles. The largest absolute Gasteiger partial charge is 0.467 e. The SMILES string of the molecule is COc1nc(N)n2ncnc2n1. The van der Waals surface area contributed by atoms with Gasteiger partial charge in [-0.25, -0.2) is 0 Å². The lowest BCUT2D eigenvalue weighted by Crippen LogP contribution is -2.05. The van der Waals surface area contributed by atoms with Gasteiger partial charge in [-0.3, -0.25) is 0 Å². The minimum Gasteiger partial charge on any atom is -0.467 e. The van der Waals surface area contributed by atoms with Crippen LogP contribution in [0.4, 0.5) is 5.95 Å². The Balaban J connectivity index is 2.75. The first-order chi connectivity index (χ1) is 5.81. The zero-order chi connectivity index (χ0) is 8.55. The molecular formula is C5H6N6O. The molecule has 0 aliphatic rings. The van der Waals surface area contributed by atoms with Crippen molar-refractivity contribution in [1.82, 2.24) is 24.6 Å². The molecule has 2 N–H and O–H groups in total. The van der Waals surface area contributed by atoms with Crippen molar-refractivity contribution < 1.29 is 4.74 Å². The Hall–Kier alpha value is -1.92. The first-order valence-corrected chi connectivity index (χ1v) is 3.18. The van der Waals surface area contributed by atoms with Gasteiger partial charge >= 0.3 is 6.01 Å². The fraction of sp³-hybridized carbons (Fsp3) is 0.200. The van der Waals surface area contributed by atoms with Crippen molar-refractivity contribution in [3.8, 4) is 6.01 Å². The standard InChI is InChI=1S/C5H6N6O/c1-12-5-9-3(6)11-4(10-5)7-2-8-11/h2H,1H3,(H2,6,7,8,9,10). The van der Waals surface area contributed by atoms with E-state index in [9.17, 15) is 0 Å². The normalized spacial score (nSPS) is 10.4. The zero-order valence-electron chi connectivity index (χ0n) is 6.30. The number of rotatable bonds is 1. The van der Waals surface area contributed by atoms with Gasteiger partial charge in [0.1, 0.15) is 6.33 Å². The summed E-state index contributed by atoms with van der Waals surface area (Å²) < 4.78 is 6.11. The van der Waals surface area contributed by atoms with Gasteiger partial charge < -0.3 is 10.5 Å². The van der Waals surface area contributed by atoms with E-state index in [0.717, 1.165) is 0 Å². The van der Waals surface area contributed by atoms with Crippen molar-refractivity contribution in [3.63, 3.8) is 0 Å². The molecule has 2 heterocycles. The average Bonchev–Trinajstić information content (AvgIpc) is 2.52. The van der Waals surface area contributed by atoms with Crippen LogP contribution in [-0.4, -0.2) is 31.7 Å². The van der Waals surface area contributed by atoms with Crippen LogP contribution in [0.3, 0.4) is 0 Å². The monoisotopic (exact) mass is 166 g/mol. The highest BCUT2D eigenvalue weighted by Crippen LogP contribution is 2.06. The highest BCUT2D eigenvalue weighted by Gasteiger charge is 2.05. The third kappa shape index (κ3) is 0.831. The van der Waals surface area contributed by atoms with Crippen molar-refractivity contribution in [2.24, 2.45) is 0 Å². The van der Waals surface area contributed by atoms with Gasteiger partial charge in [-0.1, -0.05) is 0 Å². The first-order valence-electron chi connectivity index (χ1n) is 3.18. The molecule has 7 heteroatoms. The maximum Gasteiger partial charge on any atom is 0.322 e. The summed E-state index contributed by atoms with van der Waals surface area (Å²) >= 11 is 0. The molecule has 0 aromatic carbocycles. The molecule has 0 saturated heterocycles. The summed E-state index contributed by atoms with van der Waals surface area (Å²) in [4.78, 5) is 11.5. The highest BCUT2D eigenvalue weighted by atomic mass is 16.5. The van der Waals surface area contributed by atoms with Crippen LogP contribution in [0, 0.1) is 0 Å². The summed E-state index contributed by atoms with van der Waals surface area (Å²) in [7, 11) is 1.46. The number of ether oxygens (including phenoxy) is 1. The van der Waals surface area contributed by atoms with E-state index < -0.39 is 0 Å². The molecule has 0 bridgehead atoms. The molecule has 2 aromatic rings. The van der Waals surface area contributed by atoms with E-state index in [1.165, 1.54) is 18.0 Å². The van der Waals surface area contributed by atoms with Crippen LogP contribution < -0.4 is 10.5 Å². The van der Waals surface area contributed by atoms with Crippen molar-refractivity contribution >= 4 is 11.7 Å². The van der Waals surface area contributed by atoms with Crippen LogP contribution in [0.1, 0.15) is 0 Å². The second-order valence-electron chi connectivity index (χ2n) is 2.04. The number of fused-ring (bicyclic) bond motifs is 1. The zero-order valence-corrected chi connectivity index (χ0v) is 6.30. The third-order valence-electron chi connectivity index (χ3n) is 1.34. The van der Waals surface area contributed by atoms with E-state index in [4.69, 9.17) is 10.5 Å². The van der Waals surface area contributed by atoms with Crippen LogP contribution >= 0.6 is 0 Å². The smallest absolute Gasteiger partial charge is 0.322 e. The Morgan fingerprint density at radius 2 is 2.33 bits per heavy atom. The number of hydrogen-bond acceptors (Lipinski definition) is 6. The lowest BCUT2D eigenvalue weighted by molar-refractivity contribution is 0.380. The van der Waals surface area contributed by atoms with Gasteiger partial charge in [0.2, 0.25) is 5.95 Å². The molecule has 0 atom stereocenters. The molecule has 0 amide bonds. The summed E-state index contributed by atoms with van der Waals surface area (Å²) in [6, 6.07) is 0.188. The summed E-state index contributed by atoms with van der Waals surface area (Å²) in [5, 5.41) is 3.79. The Kier molecular flexibility index (Phi) is 1.29. The van der Waals surface area contributed by atoms with E-state index in [0.29, 0.717) is 5.78 Å². The van der Waals surface area contributed by atoms with E-state index in [1.54, 1.807) is 0 Å². The summed E-state index contributed by atoms with van der Waals surface area (Å²) in [5.41, 5.74) is 5.51. The molecule has 0 spiro atoms. The Bertz CT molecular complexity index is 409. The first kappa shape index (κ1) is 6.77. The molecule has 0 radical (unpaired) electrons. The molecule has 2 aromatic heterocycles. The van der Waals surface area contributed by atoms with Crippen molar-refractivity contribution in [1.29, 1.82) is 0 Å². The second-order valence-corrected chi connectivity index (χ2v) is 2.04. The minimum absolute atomic E-state index is 0.188. The van der Waals surface area contributed by atoms with Gasteiger partial charge in [-0.2, -0.15) is 24.6 Å². The molecular weight excluding hydrogens is 160 g/mol. The Morgan fingerprint density at radius 1 is 1.50 bits per heavy atom. The van der Waals surface area contributed by atoms with Crippen LogP contribution in [0.5, 0.6) is 6.01 Å². The highest BCUT2D eigenvalue weighted by molar-refractivity contribution is 5.34. The maximum atomic E-state index is 5.51. The summed E-state index contributed by atoms with van der Waals surface area (Å²) in [6.07, 6.45) is 1.35. The number of nitrogens with zero attached hydrogens (tertiary/aromatic N) is 5. The number of nitrogens with two attached hydrogens (primary N) is 1. The second kappa shape index (κ2) is 2.29. The van der Waals surface area contributed by atoms with Gasteiger partial charge in [0.25, 0.3) is 5.78 Å². The number of methoxy groups -OCH3 is 1. The van der Waals surface area contributed by atoms with Crippen LogP contribution in [-0.2, 0) is 0 Å². The van der Waals surface area contributed by atoms with Gasteiger partial charge in [-0.05, 0) is 0 Å². The molecule has 0 fully saturated rings. The fourth-order valence-corrected chi connectivity index (χ4v) is 0.820. The minimum atomic E-state index is 0.188. The van der Waals surface area contributed by atoms with E-state index in [2.05, 4.69) is 20.1 Å². The number of aromatic nitrogens is 5.